The van der Waals surface area contributed by atoms with E-state index in [1.165, 1.54) is 16.7 Å². The maximum Gasteiger partial charge on any atom is 0.310 e. The summed E-state index contributed by atoms with van der Waals surface area (Å²) >= 11 is 0. The van der Waals surface area contributed by atoms with Crippen molar-refractivity contribution in [2.45, 2.75) is 78.6 Å². The minimum Gasteiger partial charge on any atom is -0.544 e. The predicted octanol–water partition coefficient (Wildman–Crippen LogP) is 8.17. The minimum absolute atomic E-state index is 0.128. The average Bonchev–Trinajstić information content (AvgIpc) is 2.95. The number of hydrogen-bond donors (Lipinski definition) is 2. The van der Waals surface area contributed by atoms with Crippen LogP contribution in [0.5, 0.6) is 11.5 Å². The number of nitrogens with zero attached hydrogens (tertiary/aromatic N) is 2. The van der Waals surface area contributed by atoms with Crippen LogP contribution >= 0.6 is 0 Å². The van der Waals surface area contributed by atoms with Crippen molar-refractivity contribution in [3.05, 3.63) is 82.9 Å². The molecular formula is C36H47N3O4Si. The summed E-state index contributed by atoms with van der Waals surface area (Å²) in [4.78, 5) is 13.8. The van der Waals surface area contributed by atoms with Crippen molar-refractivity contribution in [1.82, 2.24) is 4.90 Å². The zero-order valence-electron chi connectivity index (χ0n) is 27.3. The summed E-state index contributed by atoms with van der Waals surface area (Å²) in [7, 11) is -1.91. The molecule has 8 heteroatoms. The van der Waals surface area contributed by atoms with Gasteiger partial charge in [0.1, 0.15) is 11.5 Å². The van der Waals surface area contributed by atoms with Crippen molar-refractivity contribution in [3.8, 4) is 17.6 Å². The SMILES string of the molecule is CC(C)(CN1CCc2c(CCCOc3cc(C#N)cc(Nc4ccc(O[Si](C)(C)C(C)(C)C)cc4)c3)cccc2C1)C(=O)O. The molecular weight excluding hydrogens is 566 g/mol. The van der Waals surface area contributed by atoms with Gasteiger partial charge in [-0.25, -0.2) is 0 Å². The normalized spacial score (nSPS) is 14.0. The number of anilines is 2. The van der Waals surface area contributed by atoms with E-state index >= 15 is 0 Å². The summed E-state index contributed by atoms with van der Waals surface area (Å²) < 4.78 is 12.5. The molecule has 7 nitrogen and oxygen atoms in total. The number of benzene rings is 3. The standard InChI is InChI=1S/C36H47N3O4Si/c1-35(2,3)44(6,7)43-31-15-13-29(14-16-31)38-30-20-26(23-37)21-32(22-30)42-19-9-12-27-10-8-11-28-24-39(18-17-33(27)28)25-36(4,5)34(40)41/h8,10-11,13-16,20-22,38H,9,12,17-19,24-25H2,1-7H3,(H,40,41). The third kappa shape index (κ3) is 8.43. The quantitative estimate of drug-likeness (QED) is 0.157. The summed E-state index contributed by atoms with van der Waals surface area (Å²) in [5.74, 6) is 0.772. The van der Waals surface area contributed by atoms with Crippen LogP contribution in [0, 0.1) is 16.7 Å². The van der Waals surface area contributed by atoms with Gasteiger partial charge < -0.3 is 19.6 Å². The van der Waals surface area contributed by atoms with E-state index in [1.807, 2.05) is 36.4 Å². The fraction of sp³-hybridized carbons (Fsp3) is 0.444. The Bertz CT molecular complexity index is 1500. The van der Waals surface area contributed by atoms with E-state index in [9.17, 15) is 15.2 Å². The molecule has 0 unspecified atom stereocenters. The van der Waals surface area contributed by atoms with E-state index < -0.39 is 19.7 Å². The summed E-state index contributed by atoms with van der Waals surface area (Å²) in [6.07, 6.45) is 2.67. The van der Waals surface area contributed by atoms with E-state index in [-0.39, 0.29) is 5.04 Å². The van der Waals surface area contributed by atoms with Gasteiger partial charge in [-0.05, 0) is 104 Å². The van der Waals surface area contributed by atoms with Crippen LogP contribution in [-0.4, -0.2) is 44.0 Å². The third-order valence-electron chi connectivity index (χ3n) is 8.86. The van der Waals surface area contributed by atoms with Gasteiger partial charge in [-0.3, -0.25) is 9.69 Å². The molecule has 0 bridgehead atoms. The molecule has 4 rings (SSSR count). The highest BCUT2D eigenvalue weighted by molar-refractivity contribution is 6.74. The first-order valence-corrected chi connectivity index (χ1v) is 18.4. The van der Waals surface area contributed by atoms with Crippen LogP contribution in [0.2, 0.25) is 18.1 Å². The van der Waals surface area contributed by atoms with Crippen molar-refractivity contribution >= 4 is 25.7 Å². The number of nitrogens with one attached hydrogen (secondary N) is 1. The molecule has 2 N–H and O–H groups in total. The molecule has 1 heterocycles. The Morgan fingerprint density at radius 2 is 1.75 bits per heavy atom. The molecule has 0 fully saturated rings. The number of aliphatic carboxylic acids is 1. The molecule has 1 aliphatic rings. The first-order chi connectivity index (χ1) is 20.7. The number of ether oxygens (including phenoxy) is 1. The number of hydrogen-bond acceptors (Lipinski definition) is 6. The van der Waals surface area contributed by atoms with Crippen molar-refractivity contribution in [1.29, 1.82) is 5.26 Å². The zero-order chi connectivity index (χ0) is 32.1. The first-order valence-electron chi connectivity index (χ1n) is 15.5. The van der Waals surface area contributed by atoms with Crippen molar-refractivity contribution in [2.24, 2.45) is 5.41 Å². The lowest BCUT2D eigenvalue weighted by atomic mass is 9.89. The van der Waals surface area contributed by atoms with Crippen LogP contribution in [0.25, 0.3) is 0 Å². The molecule has 0 atom stereocenters. The van der Waals surface area contributed by atoms with E-state index in [0.29, 0.717) is 24.5 Å². The second-order valence-corrected chi connectivity index (χ2v) is 18.8. The molecule has 3 aromatic rings. The monoisotopic (exact) mass is 613 g/mol. The Labute approximate surface area is 263 Å². The van der Waals surface area contributed by atoms with Gasteiger partial charge in [0.2, 0.25) is 8.32 Å². The third-order valence-corrected chi connectivity index (χ3v) is 13.2. The Kier molecular flexibility index (Phi) is 10.1. The molecule has 0 amide bonds. The molecule has 0 aliphatic carbocycles. The topological polar surface area (TPSA) is 94.8 Å². The number of aryl methyl sites for hydroxylation is 1. The molecule has 0 radical (unpaired) electrons. The molecule has 0 saturated heterocycles. The fourth-order valence-electron chi connectivity index (χ4n) is 5.24. The van der Waals surface area contributed by atoms with Gasteiger partial charge in [-0.1, -0.05) is 39.0 Å². The smallest absolute Gasteiger partial charge is 0.310 e. The molecule has 0 aromatic heterocycles. The number of fused-ring (bicyclic) bond motifs is 1. The van der Waals surface area contributed by atoms with E-state index in [2.05, 4.69) is 68.4 Å². The van der Waals surface area contributed by atoms with Gasteiger partial charge in [0.05, 0.1) is 23.7 Å². The van der Waals surface area contributed by atoms with Gasteiger partial charge in [-0.2, -0.15) is 5.26 Å². The summed E-state index contributed by atoms with van der Waals surface area (Å²) in [6, 6.07) is 22.2. The van der Waals surface area contributed by atoms with Crippen LogP contribution in [-0.2, 0) is 24.2 Å². The van der Waals surface area contributed by atoms with Crippen molar-refractivity contribution < 1.29 is 19.1 Å². The molecule has 234 valence electrons. The number of rotatable bonds is 12. The maximum absolute atomic E-state index is 11.6. The Balaban J connectivity index is 1.33. The summed E-state index contributed by atoms with van der Waals surface area (Å²) in [5, 5.41) is 22.7. The Hall–Kier alpha value is -3.80. The molecule has 0 saturated carbocycles. The van der Waals surface area contributed by atoms with E-state index in [1.54, 1.807) is 19.9 Å². The maximum atomic E-state index is 11.6. The molecule has 3 aromatic carbocycles. The van der Waals surface area contributed by atoms with Gasteiger partial charge in [0.15, 0.2) is 0 Å². The van der Waals surface area contributed by atoms with Gasteiger partial charge in [0, 0.05) is 37.1 Å². The number of nitriles is 1. The Morgan fingerprint density at radius 3 is 2.41 bits per heavy atom. The Morgan fingerprint density at radius 1 is 1.02 bits per heavy atom. The highest BCUT2D eigenvalue weighted by Crippen LogP contribution is 2.37. The lowest BCUT2D eigenvalue weighted by molar-refractivity contribution is -0.148. The van der Waals surface area contributed by atoms with Gasteiger partial charge in [-0.15, -0.1) is 0 Å². The van der Waals surface area contributed by atoms with Crippen LogP contribution < -0.4 is 14.5 Å². The molecule has 1 aliphatic heterocycles. The first kappa shape index (κ1) is 33.1. The highest BCUT2D eigenvalue weighted by Gasteiger charge is 2.39. The second kappa shape index (κ2) is 13.5. The average molecular weight is 614 g/mol. The fourth-order valence-corrected chi connectivity index (χ4v) is 6.27. The lowest BCUT2D eigenvalue weighted by Crippen LogP contribution is -2.43. The van der Waals surface area contributed by atoms with Crippen LogP contribution in [0.15, 0.2) is 60.7 Å². The molecule has 0 spiro atoms. The predicted molar refractivity (Wildman–Crippen MR) is 179 cm³/mol. The van der Waals surface area contributed by atoms with Crippen LogP contribution in [0.4, 0.5) is 11.4 Å². The number of carboxylic acids is 1. The van der Waals surface area contributed by atoms with Crippen LogP contribution in [0.1, 0.15) is 63.3 Å². The van der Waals surface area contributed by atoms with Crippen molar-refractivity contribution in [3.63, 3.8) is 0 Å². The summed E-state index contributed by atoms with van der Waals surface area (Å²) in [5.41, 5.74) is 5.48. The van der Waals surface area contributed by atoms with Gasteiger partial charge in [0.25, 0.3) is 0 Å². The minimum atomic E-state index is -1.91. The largest absolute Gasteiger partial charge is 0.544 e. The van der Waals surface area contributed by atoms with Crippen LogP contribution in [0.3, 0.4) is 0 Å². The highest BCUT2D eigenvalue weighted by atomic mass is 28.4. The number of carboxylic acid groups (broad SMARTS) is 1. The summed E-state index contributed by atoms with van der Waals surface area (Å²) in [6.45, 7) is 17.5. The molecule has 44 heavy (non-hydrogen) atoms. The van der Waals surface area contributed by atoms with Gasteiger partial charge >= 0.3 is 5.97 Å². The zero-order valence-corrected chi connectivity index (χ0v) is 28.3. The lowest BCUT2D eigenvalue weighted by Gasteiger charge is -2.36. The van der Waals surface area contributed by atoms with E-state index in [0.717, 1.165) is 49.5 Å². The van der Waals surface area contributed by atoms with E-state index in [4.69, 9.17) is 9.16 Å². The van der Waals surface area contributed by atoms with Crippen molar-refractivity contribution in [2.75, 3.05) is 25.0 Å². The number of carbonyl (C=O) groups is 1. The second-order valence-electron chi connectivity index (χ2n) is 14.0.